The molecule has 0 aliphatic heterocycles. The molecule has 0 unspecified atom stereocenters. The number of carbonyl (C=O) groups excluding carboxylic acids is 1. The number of nitrogens with one attached hydrogen (secondary N) is 1. The largest absolute Gasteiger partial charge is 0.388 e. The number of carbonyl (C=O) groups is 1. The van der Waals surface area contributed by atoms with Gasteiger partial charge in [-0.25, -0.2) is 0 Å². The minimum absolute atomic E-state index is 0.0591. The molecule has 1 rings (SSSR count). The average molecular weight is 238 g/mol. The van der Waals surface area contributed by atoms with Gasteiger partial charge in [-0.15, -0.1) is 0 Å². The van der Waals surface area contributed by atoms with Crippen molar-refractivity contribution in [2.75, 3.05) is 25.5 Å². The third kappa shape index (κ3) is 3.16. The number of rotatable bonds is 4. The zero-order chi connectivity index (χ0) is 12.1. The maximum atomic E-state index is 11.2. The van der Waals surface area contributed by atoms with Crippen molar-refractivity contribution in [1.82, 2.24) is 10.3 Å². The van der Waals surface area contributed by atoms with Gasteiger partial charge in [-0.1, -0.05) is 12.2 Å². The summed E-state index contributed by atoms with van der Waals surface area (Å²) in [5.41, 5.74) is 6.88. The number of nitrogens with zero attached hydrogens (tertiary/aromatic N) is 2. The fourth-order valence-electron chi connectivity index (χ4n) is 1.18. The first-order valence-electron chi connectivity index (χ1n) is 4.72. The lowest BCUT2D eigenvalue weighted by Gasteiger charge is -2.18. The molecule has 1 aromatic rings. The van der Waals surface area contributed by atoms with Crippen molar-refractivity contribution in [2.24, 2.45) is 5.73 Å². The van der Waals surface area contributed by atoms with Gasteiger partial charge in [0.2, 0.25) is 5.91 Å². The van der Waals surface area contributed by atoms with Crippen LogP contribution in [0, 0.1) is 0 Å². The Bertz CT molecular complexity index is 408. The molecule has 86 valence electrons. The number of hydrogen-bond donors (Lipinski definition) is 2. The van der Waals surface area contributed by atoms with Gasteiger partial charge in [0.05, 0.1) is 12.2 Å². The number of nitrogens with two attached hydrogens (primary N) is 1. The van der Waals surface area contributed by atoms with Crippen molar-refractivity contribution in [1.29, 1.82) is 0 Å². The van der Waals surface area contributed by atoms with E-state index in [4.69, 9.17) is 18.0 Å². The smallest absolute Gasteiger partial charge is 0.239 e. The zero-order valence-corrected chi connectivity index (χ0v) is 10.0. The third-order valence-electron chi connectivity index (χ3n) is 2.10. The van der Waals surface area contributed by atoms with Gasteiger partial charge in [-0.2, -0.15) is 0 Å². The van der Waals surface area contributed by atoms with E-state index in [-0.39, 0.29) is 17.4 Å². The van der Waals surface area contributed by atoms with E-state index < -0.39 is 0 Å². The molecule has 0 radical (unpaired) electrons. The van der Waals surface area contributed by atoms with Crippen LogP contribution in [0.25, 0.3) is 0 Å². The van der Waals surface area contributed by atoms with E-state index in [0.717, 1.165) is 5.69 Å². The minimum Gasteiger partial charge on any atom is -0.388 e. The highest BCUT2D eigenvalue weighted by Crippen LogP contribution is 2.12. The standard InChI is InChI=1S/C10H14N4OS/c1-12-9(15)6-14(2)7-3-4-13-8(5-7)10(11)16/h3-5H,6H2,1-2H3,(H2,11,16)(H,12,15). The van der Waals surface area contributed by atoms with Crippen LogP contribution in [0.1, 0.15) is 5.69 Å². The van der Waals surface area contributed by atoms with Crippen molar-refractivity contribution < 1.29 is 4.79 Å². The summed E-state index contributed by atoms with van der Waals surface area (Å²) in [4.78, 5) is 17.3. The van der Waals surface area contributed by atoms with Crippen LogP contribution >= 0.6 is 12.2 Å². The summed E-state index contributed by atoms with van der Waals surface area (Å²) in [6.07, 6.45) is 1.62. The quantitative estimate of drug-likeness (QED) is 0.717. The SMILES string of the molecule is CNC(=O)CN(C)c1ccnc(C(N)=S)c1. The van der Waals surface area contributed by atoms with Crippen molar-refractivity contribution in [3.63, 3.8) is 0 Å². The highest BCUT2D eigenvalue weighted by atomic mass is 32.1. The molecule has 0 fully saturated rings. The van der Waals surface area contributed by atoms with E-state index in [1.54, 1.807) is 30.3 Å². The first-order valence-corrected chi connectivity index (χ1v) is 5.13. The number of likely N-dealkylation sites (N-methyl/N-ethyl adjacent to an activating group) is 2. The van der Waals surface area contributed by atoms with Crippen LogP contribution in [0.3, 0.4) is 0 Å². The Morgan fingerprint density at radius 3 is 2.94 bits per heavy atom. The number of anilines is 1. The highest BCUT2D eigenvalue weighted by molar-refractivity contribution is 7.80. The molecule has 0 aliphatic carbocycles. The summed E-state index contributed by atoms with van der Waals surface area (Å²) < 4.78 is 0. The monoisotopic (exact) mass is 238 g/mol. The average Bonchev–Trinajstić information content (AvgIpc) is 2.28. The Labute approximate surface area is 99.6 Å². The van der Waals surface area contributed by atoms with Gasteiger partial charge in [-0.05, 0) is 12.1 Å². The zero-order valence-electron chi connectivity index (χ0n) is 9.23. The molecule has 1 aromatic heterocycles. The molecule has 6 heteroatoms. The Balaban J connectivity index is 2.83. The van der Waals surface area contributed by atoms with Gasteiger partial charge >= 0.3 is 0 Å². The first kappa shape index (κ1) is 12.4. The van der Waals surface area contributed by atoms with Crippen molar-refractivity contribution in [2.45, 2.75) is 0 Å². The summed E-state index contributed by atoms with van der Waals surface area (Å²) in [5, 5.41) is 2.56. The van der Waals surface area contributed by atoms with Gasteiger partial charge < -0.3 is 16.0 Å². The maximum absolute atomic E-state index is 11.2. The van der Waals surface area contributed by atoms with Crippen LogP contribution in [-0.2, 0) is 4.79 Å². The topological polar surface area (TPSA) is 71.2 Å². The summed E-state index contributed by atoms with van der Waals surface area (Å²) in [6, 6.07) is 3.55. The highest BCUT2D eigenvalue weighted by Gasteiger charge is 2.07. The van der Waals surface area contributed by atoms with E-state index >= 15 is 0 Å². The fourth-order valence-corrected chi connectivity index (χ4v) is 1.29. The second-order valence-corrected chi connectivity index (χ2v) is 3.73. The molecule has 3 N–H and O–H groups in total. The summed E-state index contributed by atoms with van der Waals surface area (Å²) in [5.74, 6) is -0.0591. The van der Waals surface area contributed by atoms with Gasteiger partial charge in [0.25, 0.3) is 0 Å². The summed E-state index contributed by atoms with van der Waals surface area (Å²) in [6.45, 7) is 0.275. The molecule has 0 aliphatic rings. The Kier molecular flexibility index (Phi) is 4.19. The third-order valence-corrected chi connectivity index (χ3v) is 2.31. The molecule has 0 aromatic carbocycles. The van der Waals surface area contributed by atoms with Gasteiger partial charge in [0.1, 0.15) is 4.99 Å². The lowest BCUT2D eigenvalue weighted by Crippen LogP contribution is -2.33. The van der Waals surface area contributed by atoms with Gasteiger partial charge in [0, 0.05) is 26.0 Å². The number of amides is 1. The van der Waals surface area contributed by atoms with Crippen LogP contribution in [-0.4, -0.2) is 36.5 Å². The molecular weight excluding hydrogens is 224 g/mol. The summed E-state index contributed by atoms with van der Waals surface area (Å²) in [7, 11) is 3.41. The van der Waals surface area contributed by atoms with Gasteiger partial charge in [-0.3, -0.25) is 9.78 Å². The number of thiocarbonyl (C=S) groups is 1. The predicted molar refractivity (Wildman–Crippen MR) is 67.5 cm³/mol. The number of pyridine rings is 1. The molecule has 0 saturated carbocycles. The van der Waals surface area contributed by atoms with Gasteiger partial charge in [0.15, 0.2) is 0 Å². The minimum atomic E-state index is -0.0591. The van der Waals surface area contributed by atoms with E-state index in [2.05, 4.69) is 10.3 Å². The van der Waals surface area contributed by atoms with E-state index in [1.165, 1.54) is 0 Å². The van der Waals surface area contributed by atoms with E-state index in [1.807, 2.05) is 7.05 Å². The fraction of sp³-hybridized carbons (Fsp3) is 0.300. The molecular formula is C10H14N4OS. The second kappa shape index (κ2) is 5.41. The molecule has 0 saturated heterocycles. The van der Waals surface area contributed by atoms with Crippen LogP contribution in [0.5, 0.6) is 0 Å². The Morgan fingerprint density at radius 2 is 2.38 bits per heavy atom. The molecule has 0 bridgehead atoms. The van der Waals surface area contributed by atoms with Crippen molar-refractivity contribution in [3.8, 4) is 0 Å². The molecule has 1 heterocycles. The second-order valence-electron chi connectivity index (χ2n) is 3.29. The predicted octanol–water partition coefficient (Wildman–Crippen LogP) is -0.102. The van der Waals surface area contributed by atoms with E-state index in [0.29, 0.717) is 5.69 Å². The Hall–Kier alpha value is -1.69. The lowest BCUT2D eigenvalue weighted by molar-refractivity contribution is -0.119. The molecule has 16 heavy (non-hydrogen) atoms. The van der Waals surface area contributed by atoms with Crippen LogP contribution < -0.4 is 16.0 Å². The van der Waals surface area contributed by atoms with Crippen molar-refractivity contribution >= 4 is 28.8 Å². The normalized spacial score (nSPS) is 9.62. The van der Waals surface area contributed by atoms with Crippen molar-refractivity contribution in [3.05, 3.63) is 24.0 Å². The first-order chi connectivity index (χ1) is 7.54. The maximum Gasteiger partial charge on any atom is 0.239 e. The molecule has 0 spiro atoms. The molecule has 0 atom stereocenters. The number of hydrogen-bond acceptors (Lipinski definition) is 4. The Morgan fingerprint density at radius 1 is 1.69 bits per heavy atom. The van der Waals surface area contributed by atoms with E-state index in [9.17, 15) is 4.79 Å². The van der Waals surface area contributed by atoms with Crippen LogP contribution in [0.15, 0.2) is 18.3 Å². The molecule has 5 nitrogen and oxygen atoms in total. The lowest BCUT2D eigenvalue weighted by atomic mass is 10.3. The van der Waals surface area contributed by atoms with Crippen LogP contribution in [0.2, 0.25) is 0 Å². The molecule has 1 amide bonds. The summed E-state index contributed by atoms with van der Waals surface area (Å²) >= 11 is 4.84. The number of aromatic nitrogens is 1. The van der Waals surface area contributed by atoms with Crippen LogP contribution in [0.4, 0.5) is 5.69 Å².